The fourth-order valence-electron chi connectivity index (χ4n) is 15.0. The van der Waals surface area contributed by atoms with Gasteiger partial charge in [-0.25, -0.2) is 0 Å². The highest BCUT2D eigenvalue weighted by molar-refractivity contribution is 6.15. The molecule has 0 spiro atoms. The molecule has 0 unspecified atom stereocenters. The molecule has 4 heterocycles. The third-order valence-corrected chi connectivity index (χ3v) is 19.6. The van der Waals surface area contributed by atoms with Gasteiger partial charge in [0.15, 0.2) is 0 Å². The van der Waals surface area contributed by atoms with Crippen molar-refractivity contribution < 1.29 is 12.3 Å². The van der Waals surface area contributed by atoms with E-state index in [4.69, 9.17) is 6.85 Å². The standard InChI is InChI=1S/2C48H33N3/c2*1-4-14-36(15-5-1)49(37-16-6-2-7-17-37)39-26-28-40(29-27-39)51-46-23-13-11-21-42(46)44-33-35(25-31-48(44)51)34-24-30-47-43(32-34)41-20-10-12-22-45(41)50(47)38-18-8-3-9-19-38/h2*1-33H/i3D,8D,9D,18D,19D;26D,27D,28D,29D. The van der Waals surface area contributed by atoms with Crippen molar-refractivity contribution in [3.05, 3.63) is 400 Å². The van der Waals surface area contributed by atoms with Crippen LogP contribution < -0.4 is 9.80 Å². The molecule has 0 aliphatic heterocycles. The van der Waals surface area contributed by atoms with Crippen LogP contribution in [0.2, 0.25) is 0 Å². The molecule has 480 valence electrons. The largest absolute Gasteiger partial charge is 0.311 e. The van der Waals surface area contributed by atoms with Crippen LogP contribution in [0.1, 0.15) is 12.3 Å². The Morgan fingerprint density at radius 3 is 0.775 bits per heavy atom. The number of aromatic nitrogens is 4. The van der Waals surface area contributed by atoms with E-state index in [1.54, 1.807) is 9.47 Å². The van der Waals surface area contributed by atoms with Crippen molar-refractivity contribution >= 4 is 121 Å². The maximum atomic E-state index is 9.46. The molecule has 0 bridgehead atoms. The number of benzene rings is 16. The number of fused-ring (bicyclic) bond motifs is 12. The smallest absolute Gasteiger partial charge is 0.0646 e. The van der Waals surface area contributed by atoms with Gasteiger partial charge in [-0.1, -0.05) is 206 Å². The van der Waals surface area contributed by atoms with Crippen LogP contribution in [-0.2, 0) is 0 Å². The molecule has 0 fully saturated rings. The van der Waals surface area contributed by atoms with Crippen molar-refractivity contribution in [2.24, 2.45) is 0 Å². The van der Waals surface area contributed by atoms with Crippen molar-refractivity contribution in [3.8, 4) is 45.0 Å². The molecule has 0 radical (unpaired) electrons. The Balaban J connectivity index is 0.000000150. The van der Waals surface area contributed by atoms with Gasteiger partial charge in [0.2, 0.25) is 0 Å². The van der Waals surface area contributed by atoms with Gasteiger partial charge in [-0.05, 0) is 216 Å². The quantitative estimate of drug-likeness (QED) is 0.122. The summed E-state index contributed by atoms with van der Waals surface area (Å²) < 4.78 is 88.4. The Morgan fingerprint density at radius 2 is 0.431 bits per heavy atom. The van der Waals surface area contributed by atoms with Crippen LogP contribution in [0.15, 0.2) is 400 Å². The van der Waals surface area contributed by atoms with E-state index in [0.717, 1.165) is 139 Å². The molecule has 0 saturated heterocycles. The summed E-state index contributed by atoms with van der Waals surface area (Å²) in [6, 6.07) is 116. The third-order valence-electron chi connectivity index (χ3n) is 19.6. The minimum atomic E-state index is -0.404. The summed E-state index contributed by atoms with van der Waals surface area (Å²) in [5.41, 5.74) is 19.4. The van der Waals surface area contributed by atoms with Gasteiger partial charge in [0.05, 0.1) is 56.5 Å². The molecule has 0 saturated carbocycles. The number of hydrogen-bond acceptors (Lipinski definition) is 2. The topological polar surface area (TPSA) is 26.2 Å². The van der Waals surface area contributed by atoms with E-state index in [-0.39, 0.29) is 65.4 Å². The zero-order valence-corrected chi connectivity index (χ0v) is 55.1. The maximum absolute atomic E-state index is 9.46. The normalized spacial score (nSPS) is 12.8. The first-order valence-electron chi connectivity index (χ1n) is 38.7. The minimum absolute atomic E-state index is 0.111. The Bertz CT molecular complexity index is 6930. The van der Waals surface area contributed by atoms with E-state index >= 15 is 0 Å². The number of rotatable bonds is 12. The van der Waals surface area contributed by atoms with Gasteiger partial charge < -0.3 is 28.1 Å². The van der Waals surface area contributed by atoms with Crippen LogP contribution in [-0.4, -0.2) is 18.3 Å². The summed E-state index contributed by atoms with van der Waals surface area (Å²) in [5.74, 6) is 0. The second-order valence-electron chi connectivity index (χ2n) is 25.4. The van der Waals surface area contributed by atoms with Gasteiger partial charge in [0.1, 0.15) is 0 Å². The van der Waals surface area contributed by atoms with Gasteiger partial charge in [0, 0.05) is 100.0 Å². The molecule has 4 aromatic heterocycles. The Morgan fingerprint density at radius 1 is 0.176 bits per heavy atom. The molecule has 102 heavy (non-hydrogen) atoms. The van der Waals surface area contributed by atoms with E-state index in [9.17, 15) is 5.48 Å². The predicted molar refractivity (Wildman–Crippen MR) is 430 cm³/mol. The van der Waals surface area contributed by atoms with Crippen LogP contribution in [0.4, 0.5) is 34.1 Å². The molecule has 6 heteroatoms. The lowest BCUT2D eigenvalue weighted by atomic mass is 10.0. The molecule has 0 atom stereocenters. The fraction of sp³-hybridized carbons (Fsp3) is 0. The van der Waals surface area contributed by atoms with Gasteiger partial charge in [-0.3, -0.25) is 0 Å². The van der Waals surface area contributed by atoms with E-state index in [0.29, 0.717) is 0 Å². The Kier molecular flexibility index (Phi) is 12.6. The zero-order valence-electron chi connectivity index (χ0n) is 64.1. The molecular weight excluding hydrogens is 1240 g/mol. The second-order valence-corrected chi connectivity index (χ2v) is 25.4. The lowest BCUT2D eigenvalue weighted by Gasteiger charge is -2.25. The monoisotopic (exact) mass is 1310 g/mol. The van der Waals surface area contributed by atoms with Crippen LogP contribution in [0.5, 0.6) is 0 Å². The van der Waals surface area contributed by atoms with Crippen molar-refractivity contribution in [3.63, 3.8) is 0 Å². The van der Waals surface area contributed by atoms with E-state index in [1.807, 2.05) is 138 Å². The number of hydrogen-bond donors (Lipinski definition) is 0. The zero-order chi connectivity index (χ0) is 75.3. The Labute approximate surface area is 603 Å². The SMILES string of the molecule is [2H]c1c([2H])c(-n2c3ccccc3c3cc(-c4ccc5c(c4)c4ccccc4n5-c4ccccc4)ccc32)c([2H])c([2H])c1N(c1ccccc1)c1ccccc1.[2H]c1c([2H])c([2H])c(-n2c3ccccc3c3cc(-c4ccc5c(c4)c4ccccc4n5-c4ccc(N(c5ccccc5)c5ccccc5)cc4)ccc32)c([2H])c1[2H]. The van der Waals surface area contributed by atoms with E-state index < -0.39 is 6.04 Å². The summed E-state index contributed by atoms with van der Waals surface area (Å²) in [6.45, 7) is 0. The molecule has 0 aliphatic carbocycles. The first-order chi connectivity index (χ1) is 54.4. The minimum Gasteiger partial charge on any atom is -0.311 e. The fourth-order valence-corrected chi connectivity index (χ4v) is 15.0. The summed E-state index contributed by atoms with van der Waals surface area (Å²) in [6.07, 6.45) is 0. The first-order valence-corrected chi connectivity index (χ1v) is 34.2. The lowest BCUT2D eigenvalue weighted by Crippen LogP contribution is -2.09. The van der Waals surface area contributed by atoms with Crippen LogP contribution in [0.25, 0.3) is 132 Å². The number of para-hydroxylation sites is 10. The highest BCUT2D eigenvalue weighted by atomic mass is 15.1. The second kappa shape index (κ2) is 25.3. The molecule has 0 N–H and O–H groups in total. The van der Waals surface area contributed by atoms with Crippen molar-refractivity contribution in [1.82, 2.24) is 18.3 Å². The molecule has 0 amide bonds. The van der Waals surface area contributed by atoms with Crippen LogP contribution in [0.3, 0.4) is 0 Å². The summed E-state index contributed by atoms with van der Waals surface area (Å²) in [7, 11) is 0. The maximum Gasteiger partial charge on any atom is 0.0646 e. The molecule has 20 rings (SSSR count). The van der Waals surface area contributed by atoms with Crippen molar-refractivity contribution in [2.75, 3.05) is 9.80 Å². The Hall–Kier alpha value is -13.7. The van der Waals surface area contributed by atoms with E-state index in [2.05, 4.69) is 226 Å². The average molecular weight is 1310 g/mol. The lowest BCUT2D eigenvalue weighted by molar-refractivity contribution is 1.17. The predicted octanol–water partition coefficient (Wildman–Crippen LogP) is 26.0. The van der Waals surface area contributed by atoms with Gasteiger partial charge in [0.25, 0.3) is 0 Å². The van der Waals surface area contributed by atoms with Crippen molar-refractivity contribution in [1.29, 1.82) is 0 Å². The van der Waals surface area contributed by atoms with Crippen molar-refractivity contribution in [2.45, 2.75) is 0 Å². The molecular formula is C96H66N6. The van der Waals surface area contributed by atoms with Gasteiger partial charge >= 0.3 is 0 Å². The van der Waals surface area contributed by atoms with Gasteiger partial charge in [-0.2, -0.15) is 0 Å². The van der Waals surface area contributed by atoms with E-state index in [1.165, 1.54) is 10.8 Å². The highest BCUT2D eigenvalue weighted by Gasteiger charge is 2.21. The third kappa shape index (κ3) is 10.4. The highest BCUT2D eigenvalue weighted by Crippen LogP contribution is 2.43. The summed E-state index contributed by atoms with van der Waals surface area (Å²) >= 11 is 0. The van der Waals surface area contributed by atoms with Crippen LogP contribution >= 0.6 is 0 Å². The summed E-state index contributed by atoms with van der Waals surface area (Å²) in [5, 5.41) is 8.46. The molecule has 20 aromatic rings. The first kappa shape index (κ1) is 50.6. The van der Waals surface area contributed by atoms with Gasteiger partial charge in [-0.15, -0.1) is 0 Å². The number of nitrogens with zero attached hydrogens (tertiary/aromatic N) is 6. The summed E-state index contributed by atoms with van der Waals surface area (Å²) in [4.78, 5) is 4.07. The molecule has 16 aromatic carbocycles. The molecule has 6 nitrogen and oxygen atoms in total. The average Bonchev–Trinajstić information content (AvgIpc) is 1.62. The number of anilines is 6. The van der Waals surface area contributed by atoms with Crippen LogP contribution in [0, 0.1) is 0 Å². The molecule has 0 aliphatic rings.